The molecule has 1 amide bonds. The molecule has 3 heterocycles. The summed E-state index contributed by atoms with van der Waals surface area (Å²) in [5.41, 5.74) is 1.51. The zero-order valence-electron chi connectivity index (χ0n) is 17.7. The van der Waals surface area contributed by atoms with Crippen LogP contribution in [0.1, 0.15) is 36.7 Å². The van der Waals surface area contributed by atoms with E-state index in [1.54, 1.807) is 35.6 Å². The maximum Gasteiger partial charge on any atom is 0.243 e. The van der Waals surface area contributed by atoms with E-state index in [2.05, 4.69) is 16.3 Å². The van der Waals surface area contributed by atoms with Gasteiger partial charge in [-0.2, -0.15) is 4.31 Å². The number of aromatic nitrogens is 1. The molecule has 2 aliphatic heterocycles. The number of anilines is 1. The van der Waals surface area contributed by atoms with Gasteiger partial charge in [-0.05, 0) is 62.6 Å². The Bertz CT molecular complexity index is 1200. The molecular formula is C23H26N4O3S2. The van der Waals surface area contributed by atoms with E-state index in [1.165, 1.54) is 4.31 Å². The number of benzene rings is 2. The number of hydrogen-bond acceptors (Lipinski definition) is 6. The van der Waals surface area contributed by atoms with Crippen LogP contribution in [0.3, 0.4) is 0 Å². The van der Waals surface area contributed by atoms with Crippen molar-refractivity contribution in [3.63, 3.8) is 0 Å². The first-order valence-electron chi connectivity index (χ1n) is 11.0. The molecule has 0 bridgehead atoms. The lowest BCUT2D eigenvalue weighted by molar-refractivity contribution is -0.117. The molecule has 3 aromatic rings. The first-order valence-corrected chi connectivity index (χ1v) is 13.3. The Morgan fingerprint density at radius 3 is 2.69 bits per heavy atom. The van der Waals surface area contributed by atoms with Crippen LogP contribution in [0.2, 0.25) is 0 Å². The predicted octanol–water partition coefficient (Wildman–Crippen LogP) is 3.86. The van der Waals surface area contributed by atoms with Gasteiger partial charge in [0.25, 0.3) is 0 Å². The maximum absolute atomic E-state index is 12.8. The van der Waals surface area contributed by atoms with Gasteiger partial charge in [0, 0.05) is 18.8 Å². The van der Waals surface area contributed by atoms with Crippen molar-refractivity contribution in [2.24, 2.45) is 0 Å². The molecule has 1 N–H and O–H groups in total. The Labute approximate surface area is 192 Å². The fraction of sp³-hybridized carbons (Fsp3) is 0.391. The first kappa shape index (κ1) is 21.5. The molecule has 0 aliphatic carbocycles. The van der Waals surface area contributed by atoms with Crippen LogP contribution in [0.5, 0.6) is 0 Å². The standard InChI is InChI=1S/C23H26N4O3S2/c28-22(24-17-7-5-8-18(15-17)32(29,30)27-13-3-4-14-27)16-26-12-6-10-20(26)23-25-19-9-1-2-11-21(19)31-23/h1-2,5,7-9,11,15,20H,3-4,6,10,12-14,16H2,(H,24,28)/t20-/m0/s1. The van der Waals surface area contributed by atoms with Crippen molar-refractivity contribution in [2.45, 2.75) is 36.6 Å². The Morgan fingerprint density at radius 1 is 1.06 bits per heavy atom. The van der Waals surface area contributed by atoms with Crippen molar-refractivity contribution >= 4 is 43.2 Å². The van der Waals surface area contributed by atoms with E-state index in [4.69, 9.17) is 4.98 Å². The van der Waals surface area contributed by atoms with Gasteiger partial charge < -0.3 is 5.32 Å². The van der Waals surface area contributed by atoms with Crippen LogP contribution in [0, 0.1) is 0 Å². The van der Waals surface area contributed by atoms with Gasteiger partial charge in [-0.25, -0.2) is 13.4 Å². The topological polar surface area (TPSA) is 82.6 Å². The minimum Gasteiger partial charge on any atom is -0.325 e. The minimum atomic E-state index is -3.51. The average molecular weight is 471 g/mol. The van der Waals surface area contributed by atoms with Crippen LogP contribution in [-0.2, 0) is 14.8 Å². The fourth-order valence-electron chi connectivity index (χ4n) is 4.52. The number of fused-ring (bicyclic) bond motifs is 1. The number of nitrogens with zero attached hydrogens (tertiary/aromatic N) is 3. The lowest BCUT2D eigenvalue weighted by atomic mass is 10.2. The summed E-state index contributed by atoms with van der Waals surface area (Å²) >= 11 is 1.69. The average Bonchev–Trinajstić information content (AvgIpc) is 3.54. The number of likely N-dealkylation sites (tertiary alicyclic amines) is 1. The lowest BCUT2D eigenvalue weighted by Crippen LogP contribution is -2.33. The quantitative estimate of drug-likeness (QED) is 0.592. The Hall–Kier alpha value is -2.33. The molecule has 2 aromatic carbocycles. The zero-order valence-corrected chi connectivity index (χ0v) is 19.4. The number of carbonyl (C=O) groups is 1. The van der Waals surface area contributed by atoms with Crippen LogP contribution in [-0.4, -0.2) is 54.7 Å². The number of nitrogens with one attached hydrogen (secondary N) is 1. The molecule has 32 heavy (non-hydrogen) atoms. The summed E-state index contributed by atoms with van der Waals surface area (Å²) in [6.07, 6.45) is 3.79. The van der Waals surface area contributed by atoms with Gasteiger partial charge in [0.1, 0.15) is 5.01 Å². The van der Waals surface area contributed by atoms with Crippen molar-refractivity contribution in [3.8, 4) is 0 Å². The van der Waals surface area contributed by atoms with Gasteiger partial charge in [0.2, 0.25) is 15.9 Å². The van der Waals surface area contributed by atoms with Crippen LogP contribution in [0.25, 0.3) is 10.2 Å². The highest BCUT2D eigenvalue weighted by atomic mass is 32.2. The van der Waals surface area contributed by atoms with Crippen molar-refractivity contribution in [2.75, 3.05) is 31.5 Å². The van der Waals surface area contributed by atoms with Gasteiger partial charge in [-0.3, -0.25) is 9.69 Å². The van der Waals surface area contributed by atoms with Crippen LogP contribution < -0.4 is 5.32 Å². The monoisotopic (exact) mass is 470 g/mol. The molecule has 168 valence electrons. The third-order valence-corrected chi connectivity index (χ3v) is 9.16. The van der Waals surface area contributed by atoms with Crippen LogP contribution >= 0.6 is 11.3 Å². The molecule has 0 spiro atoms. The molecular weight excluding hydrogens is 444 g/mol. The fourth-order valence-corrected chi connectivity index (χ4v) is 7.23. The second kappa shape index (κ2) is 8.90. The molecule has 0 unspecified atom stereocenters. The highest BCUT2D eigenvalue weighted by Gasteiger charge is 2.30. The molecule has 1 aromatic heterocycles. The summed E-state index contributed by atoms with van der Waals surface area (Å²) in [6.45, 7) is 2.21. The SMILES string of the molecule is O=C(CN1CCC[C@H]1c1nc2ccccc2s1)Nc1cccc(S(=O)(=O)N2CCCC2)c1. The second-order valence-electron chi connectivity index (χ2n) is 8.34. The Balaban J connectivity index is 1.27. The molecule has 1 atom stereocenters. The van der Waals surface area contributed by atoms with Crippen molar-refractivity contribution in [1.82, 2.24) is 14.2 Å². The van der Waals surface area contributed by atoms with E-state index in [-0.39, 0.29) is 23.4 Å². The number of thiazole rings is 1. The van der Waals surface area contributed by atoms with Crippen LogP contribution in [0.4, 0.5) is 5.69 Å². The highest BCUT2D eigenvalue weighted by Crippen LogP contribution is 2.36. The number of hydrogen-bond donors (Lipinski definition) is 1. The van der Waals surface area contributed by atoms with Crippen molar-refractivity contribution in [1.29, 1.82) is 0 Å². The molecule has 9 heteroatoms. The summed E-state index contributed by atoms with van der Waals surface area (Å²) in [5, 5.41) is 3.94. The van der Waals surface area contributed by atoms with Gasteiger partial charge in [-0.1, -0.05) is 18.2 Å². The summed E-state index contributed by atoms with van der Waals surface area (Å²) in [7, 11) is -3.51. The molecule has 0 radical (unpaired) electrons. The maximum atomic E-state index is 12.8. The van der Waals surface area contributed by atoms with Crippen molar-refractivity contribution in [3.05, 3.63) is 53.5 Å². The van der Waals surface area contributed by atoms with E-state index >= 15 is 0 Å². The largest absolute Gasteiger partial charge is 0.325 e. The summed E-state index contributed by atoms with van der Waals surface area (Å²) in [5.74, 6) is -0.145. The number of sulfonamides is 1. The normalized spacial score (nSPS) is 20.2. The van der Waals surface area contributed by atoms with Gasteiger partial charge in [0.15, 0.2) is 0 Å². The summed E-state index contributed by atoms with van der Waals surface area (Å²) in [6, 6.07) is 14.8. The zero-order chi connectivity index (χ0) is 22.1. The van der Waals surface area contributed by atoms with E-state index in [1.807, 2.05) is 18.2 Å². The van der Waals surface area contributed by atoms with E-state index < -0.39 is 10.0 Å². The number of amides is 1. The molecule has 2 aliphatic rings. The van der Waals surface area contributed by atoms with Crippen molar-refractivity contribution < 1.29 is 13.2 Å². The number of carbonyl (C=O) groups excluding carboxylic acids is 1. The van der Waals surface area contributed by atoms with E-state index in [0.717, 1.165) is 47.5 Å². The van der Waals surface area contributed by atoms with E-state index in [0.29, 0.717) is 18.8 Å². The summed E-state index contributed by atoms with van der Waals surface area (Å²) in [4.78, 5) is 20.0. The van der Waals surface area contributed by atoms with Gasteiger partial charge in [-0.15, -0.1) is 11.3 Å². The Kier molecular flexibility index (Phi) is 5.98. The van der Waals surface area contributed by atoms with Gasteiger partial charge in [0.05, 0.1) is 27.7 Å². The number of para-hydroxylation sites is 1. The molecule has 7 nitrogen and oxygen atoms in total. The Morgan fingerprint density at radius 2 is 1.88 bits per heavy atom. The third-order valence-electron chi connectivity index (χ3n) is 6.13. The predicted molar refractivity (Wildman–Crippen MR) is 126 cm³/mol. The molecule has 0 saturated carbocycles. The van der Waals surface area contributed by atoms with Gasteiger partial charge >= 0.3 is 0 Å². The molecule has 2 saturated heterocycles. The third kappa shape index (κ3) is 4.30. The van der Waals surface area contributed by atoms with Crippen LogP contribution in [0.15, 0.2) is 53.4 Å². The smallest absolute Gasteiger partial charge is 0.243 e. The summed E-state index contributed by atoms with van der Waals surface area (Å²) < 4.78 is 28.3. The first-order chi connectivity index (χ1) is 15.5. The molecule has 2 fully saturated rings. The minimum absolute atomic E-state index is 0.139. The molecule has 5 rings (SSSR count). The second-order valence-corrected chi connectivity index (χ2v) is 11.3. The van der Waals surface area contributed by atoms with E-state index in [9.17, 15) is 13.2 Å². The highest BCUT2D eigenvalue weighted by molar-refractivity contribution is 7.89. The number of rotatable bonds is 6. The lowest BCUT2D eigenvalue weighted by Gasteiger charge is -2.22.